The van der Waals surface area contributed by atoms with Crippen LogP contribution in [0.2, 0.25) is 0 Å². The van der Waals surface area contributed by atoms with Gasteiger partial charge < -0.3 is 14.6 Å². The van der Waals surface area contributed by atoms with Gasteiger partial charge in [0, 0.05) is 0 Å². The maximum absolute atomic E-state index is 11.9. The van der Waals surface area contributed by atoms with Gasteiger partial charge in [-0.05, 0) is 52.3 Å². The number of carbonyl (C=O) groups is 1. The van der Waals surface area contributed by atoms with Crippen LogP contribution in [-0.4, -0.2) is 23.3 Å². The zero-order valence-electron chi connectivity index (χ0n) is 12.8. The summed E-state index contributed by atoms with van der Waals surface area (Å²) in [6.45, 7) is 9.58. The molecular formula is C16H24O4. The van der Waals surface area contributed by atoms with Crippen molar-refractivity contribution in [1.82, 2.24) is 0 Å². The molecule has 0 aromatic heterocycles. The number of hydrogen-bond acceptors (Lipinski definition) is 4. The lowest BCUT2D eigenvalue weighted by Crippen LogP contribution is -2.30. The maximum atomic E-state index is 11.9. The molecule has 1 aromatic rings. The summed E-state index contributed by atoms with van der Waals surface area (Å²) in [4.78, 5) is 11.9. The molecule has 4 heteroatoms. The number of carbonyl (C=O) groups excluding carboxylic acids is 1. The van der Waals surface area contributed by atoms with Crippen molar-refractivity contribution in [2.75, 3.05) is 6.61 Å². The maximum Gasteiger partial charge on any atom is 0.312 e. The minimum absolute atomic E-state index is 0.404. The van der Waals surface area contributed by atoms with Gasteiger partial charge in [-0.2, -0.15) is 0 Å². The molecule has 2 unspecified atom stereocenters. The fourth-order valence-corrected chi connectivity index (χ4v) is 1.74. The van der Waals surface area contributed by atoms with Crippen molar-refractivity contribution in [3.05, 3.63) is 29.8 Å². The van der Waals surface area contributed by atoms with Crippen LogP contribution in [0.3, 0.4) is 0 Å². The van der Waals surface area contributed by atoms with Gasteiger partial charge in [0.2, 0.25) is 0 Å². The predicted octanol–water partition coefficient (Wildman–Crippen LogP) is 3.10. The Morgan fingerprint density at radius 2 is 1.80 bits per heavy atom. The molecule has 0 amide bonds. The van der Waals surface area contributed by atoms with Gasteiger partial charge in [0.05, 0.1) is 18.6 Å². The predicted molar refractivity (Wildman–Crippen MR) is 77.6 cm³/mol. The van der Waals surface area contributed by atoms with Crippen molar-refractivity contribution in [2.24, 2.45) is 5.92 Å². The van der Waals surface area contributed by atoms with E-state index in [2.05, 4.69) is 0 Å². The SMILES string of the molecule is CCOc1ccc(C(O)C(C)C(=O)OC(C)(C)C)cc1. The Morgan fingerprint density at radius 3 is 2.25 bits per heavy atom. The van der Waals surface area contributed by atoms with Crippen LogP contribution in [0, 0.1) is 5.92 Å². The lowest BCUT2D eigenvalue weighted by molar-refractivity contribution is -0.163. The van der Waals surface area contributed by atoms with E-state index in [4.69, 9.17) is 9.47 Å². The van der Waals surface area contributed by atoms with Crippen molar-refractivity contribution in [3.8, 4) is 5.75 Å². The van der Waals surface area contributed by atoms with E-state index in [1.54, 1.807) is 52.0 Å². The Kier molecular flexibility index (Phi) is 5.57. The van der Waals surface area contributed by atoms with Gasteiger partial charge in [-0.15, -0.1) is 0 Å². The van der Waals surface area contributed by atoms with E-state index in [9.17, 15) is 9.90 Å². The smallest absolute Gasteiger partial charge is 0.312 e. The molecule has 0 aliphatic carbocycles. The van der Waals surface area contributed by atoms with Crippen LogP contribution in [0.15, 0.2) is 24.3 Å². The molecular weight excluding hydrogens is 256 g/mol. The largest absolute Gasteiger partial charge is 0.494 e. The quantitative estimate of drug-likeness (QED) is 0.842. The minimum Gasteiger partial charge on any atom is -0.494 e. The van der Waals surface area contributed by atoms with Crippen molar-refractivity contribution in [2.45, 2.75) is 46.3 Å². The molecule has 0 aliphatic rings. The Bertz CT molecular complexity index is 431. The van der Waals surface area contributed by atoms with Crippen molar-refractivity contribution in [3.63, 3.8) is 0 Å². The first-order chi connectivity index (χ1) is 9.24. The summed E-state index contributed by atoms with van der Waals surface area (Å²) in [5.74, 6) is -0.278. The van der Waals surface area contributed by atoms with Crippen LogP contribution in [0.25, 0.3) is 0 Å². The van der Waals surface area contributed by atoms with Crippen LogP contribution in [-0.2, 0) is 9.53 Å². The standard InChI is InChI=1S/C16H24O4/c1-6-19-13-9-7-12(8-10-13)14(17)11(2)15(18)20-16(3,4)5/h7-11,14,17H,6H2,1-5H3. The zero-order valence-corrected chi connectivity index (χ0v) is 12.8. The van der Waals surface area contributed by atoms with Gasteiger partial charge in [0.25, 0.3) is 0 Å². The van der Waals surface area contributed by atoms with Gasteiger partial charge in [-0.1, -0.05) is 12.1 Å². The highest BCUT2D eigenvalue weighted by atomic mass is 16.6. The molecule has 0 spiro atoms. The number of aliphatic hydroxyl groups is 1. The van der Waals surface area contributed by atoms with Crippen LogP contribution in [0.4, 0.5) is 0 Å². The topological polar surface area (TPSA) is 55.8 Å². The molecule has 20 heavy (non-hydrogen) atoms. The minimum atomic E-state index is -0.888. The summed E-state index contributed by atoms with van der Waals surface area (Å²) in [6.07, 6.45) is -0.888. The lowest BCUT2D eigenvalue weighted by atomic mass is 9.97. The fourth-order valence-electron chi connectivity index (χ4n) is 1.74. The lowest BCUT2D eigenvalue weighted by Gasteiger charge is -2.24. The van der Waals surface area contributed by atoms with E-state index >= 15 is 0 Å². The summed E-state index contributed by atoms with van der Waals surface area (Å²) in [7, 11) is 0. The second kappa shape index (κ2) is 6.75. The van der Waals surface area contributed by atoms with Gasteiger partial charge in [-0.25, -0.2) is 0 Å². The van der Waals surface area contributed by atoms with Gasteiger partial charge in [0.15, 0.2) is 0 Å². The first kappa shape index (κ1) is 16.5. The molecule has 1 aromatic carbocycles. The molecule has 0 aliphatic heterocycles. The van der Waals surface area contributed by atoms with Crippen LogP contribution >= 0.6 is 0 Å². The number of ether oxygens (including phenoxy) is 2. The van der Waals surface area contributed by atoms with Gasteiger partial charge in [0.1, 0.15) is 11.4 Å². The first-order valence-corrected chi connectivity index (χ1v) is 6.88. The molecule has 0 radical (unpaired) electrons. The van der Waals surface area contributed by atoms with Crippen LogP contribution in [0.1, 0.15) is 46.3 Å². The Balaban J connectivity index is 2.73. The number of rotatable bonds is 5. The van der Waals surface area contributed by atoms with Crippen LogP contribution in [0.5, 0.6) is 5.75 Å². The van der Waals surface area contributed by atoms with E-state index in [1.807, 2.05) is 6.92 Å². The summed E-state index contributed by atoms with van der Waals surface area (Å²) in [5, 5.41) is 10.2. The Labute approximate surface area is 120 Å². The zero-order chi connectivity index (χ0) is 15.3. The molecule has 0 heterocycles. The molecule has 2 atom stereocenters. The Hall–Kier alpha value is -1.55. The molecule has 1 rings (SSSR count). The van der Waals surface area contributed by atoms with Crippen molar-refractivity contribution in [1.29, 1.82) is 0 Å². The van der Waals surface area contributed by atoms with Crippen molar-refractivity contribution < 1.29 is 19.4 Å². The third kappa shape index (κ3) is 4.85. The summed E-state index contributed by atoms with van der Waals surface area (Å²) < 4.78 is 10.6. The third-order valence-corrected chi connectivity index (χ3v) is 2.78. The average Bonchev–Trinajstić information content (AvgIpc) is 2.36. The Morgan fingerprint density at radius 1 is 1.25 bits per heavy atom. The first-order valence-electron chi connectivity index (χ1n) is 6.88. The summed E-state index contributed by atoms with van der Waals surface area (Å²) in [5.41, 5.74) is 0.121. The fraction of sp³-hybridized carbons (Fsp3) is 0.562. The van der Waals surface area contributed by atoms with Crippen molar-refractivity contribution >= 4 is 5.97 Å². The monoisotopic (exact) mass is 280 g/mol. The van der Waals surface area contributed by atoms with E-state index in [0.717, 1.165) is 5.75 Å². The number of aliphatic hydroxyl groups excluding tert-OH is 1. The highest BCUT2D eigenvalue weighted by Crippen LogP contribution is 2.26. The molecule has 1 N–H and O–H groups in total. The number of benzene rings is 1. The summed E-state index contributed by atoms with van der Waals surface area (Å²) >= 11 is 0. The molecule has 0 saturated heterocycles. The number of esters is 1. The second-order valence-corrected chi connectivity index (χ2v) is 5.77. The molecule has 112 valence electrons. The molecule has 4 nitrogen and oxygen atoms in total. The van der Waals surface area contributed by atoms with Gasteiger partial charge in [-0.3, -0.25) is 4.79 Å². The van der Waals surface area contributed by atoms with E-state index in [0.29, 0.717) is 12.2 Å². The highest BCUT2D eigenvalue weighted by Gasteiger charge is 2.28. The van der Waals surface area contributed by atoms with Crippen LogP contribution < -0.4 is 4.74 Å². The van der Waals surface area contributed by atoms with E-state index in [-0.39, 0.29) is 0 Å². The number of hydrogen-bond donors (Lipinski definition) is 1. The highest BCUT2D eigenvalue weighted by molar-refractivity contribution is 5.73. The second-order valence-electron chi connectivity index (χ2n) is 5.77. The normalized spacial score (nSPS) is 14.5. The molecule has 0 bridgehead atoms. The average molecular weight is 280 g/mol. The van der Waals surface area contributed by atoms with E-state index < -0.39 is 23.6 Å². The summed E-state index contributed by atoms with van der Waals surface area (Å²) in [6, 6.07) is 7.08. The molecule has 0 saturated carbocycles. The van der Waals surface area contributed by atoms with E-state index in [1.165, 1.54) is 0 Å². The third-order valence-electron chi connectivity index (χ3n) is 2.78. The van der Waals surface area contributed by atoms with Gasteiger partial charge >= 0.3 is 5.97 Å². The molecule has 0 fully saturated rings.